The number of hydrogen-bond acceptors (Lipinski definition) is 4. The topological polar surface area (TPSA) is 63.8 Å². The van der Waals surface area contributed by atoms with Gasteiger partial charge < -0.3 is 11.1 Å². The maximum absolute atomic E-state index is 13.7. The quantitative estimate of drug-likeness (QED) is 0.772. The smallest absolute Gasteiger partial charge is 0.186 e. The predicted molar refractivity (Wildman–Crippen MR) is 58.1 cm³/mol. The Kier molecular flexibility index (Phi) is 4.42. The summed E-state index contributed by atoms with van der Waals surface area (Å²) >= 11 is 0. The van der Waals surface area contributed by atoms with Gasteiger partial charge in [0.2, 0.25) is 0 Å². The lowest BCUT2D eigenvalue weighted by molar-refractivity contribution is 0.589. The van der Waals surface area contributed by atoms with Crippen LogP contribution in [0, 0.1) is 5.82 Å². The van der Waals surface area contributed by atoms with E-state index in [9.17, 15) is 4.39 Å². The zero-order valence-corrected chi connectivity index (χ0v) is 9.13. The minimum Gasteiger partial charge on any atom is -0.364 e. The lowest BCUT2D eigenvalue weighted by Gasteiger charge is -2.15. The molecule has 1 heterocycles. The highest BCUT2D eigenvalue weighted by Crippen LogP contribution is 2.14. The zero-order valence-electron chi connectivity index (χ0n) is 9.13. The van der Waals surface area contributed by atoms with E-state index in [4.69, 9.17) is 5.73 Å². The third-order valence-corrected chi connectivity index (χ3v) is 2.31. The Bertz CT molecular complexity index is 312. The van der Waals surface area contributed by atoms with Crippen molar-refractivity contribution in [3.8, 4) is 0 Å². The molecule has 15 heavy (non-hydrogen) atoms. The Morgan fingerprint density at radius 1 is 1.47 bits per heavy atom. The van der Waals surface area contributed by atoms with Crippen molar-refractivity contribution in [1.82, 2.24) is 9.97 Å². The number of nitrogens with zero attached hydrogens (tertiary/aromatic N) is 2. The van der Waals surface area contributed by atoms with E-state index in [1.165, 1.54) is 6.33 Å². The molecular formula is C10H17FN4. The summed E-state index contributed by atoms with van der Waals surface area (Å²) in [6, 6.07) is 0.0547. The number of hydrogen-bond donors (Lipinski definition) is 2. The molecule has 0 bridgehead atoms. The molecule has 3 N–H and O–H groups in total. The van der Waals surface area contributed by atoms with Crippen molar-refractivity contribution in [2.45, 2.75) is 32.7 Å². The van der Waals surface area contributed by atoms with Crippen molar-refractivity contribution in [3.63, 3.8) is 0 Å². The van der Waals surface area contributed by atoms with Crippen LogP contribution >= 0.6 is 0 Å². The van der Waals surface area contributed by atoms with Crippen LogP contribution in [0.1, 0.15) is 26.0 Å². The van der Waals surface area contributed by atoms with Gasteiger partial charge in [0, 0.05) is 12.6 Å². The molecule has 0 amide bonds. The molecule has 4 nitrogen and oxygen atoms in total. The van der Waals surface area contributed by atoms with E-state index >= 15 is 0 Å². The summed E-state index contributed by atoms with van der Waals surface area (Å²) in [5.74, 6) is -0.119. The Morgan fingerprint density at radius 2 is 2.20 bits per heavy atom. The Morgan fingerprint density at radius 3 is 2.73 bits per heavy atom. The van der Waals surface area contributed by atoms with Gasteiger partial charge in [-0.2, -0.15) is 0 Å². The largest absolute Gasteiger partial charge is 0.364 e. The van der Waals surface area contributed by atoms with Gasteiger partial charge >= 0.3 is 0 Å². The third-order valence-electron chi connectivity index (χ3n) is 2.31. The van der Waals surface area contributed by atoms with Crippen LogP contribution in [0.3, 0.4) is 0 Å². The lowest BCUT2D eigenvalue weighted by Crippen LogP contribution is -2.29. The number of aryl methyl sites for hydroxylation is 1. The SMILES string of the molecule is CCc1ncnc(NC(CC)CN)c1F. The van der Waals surface area contributed by atoms with E-state index in [1.807, 2.05) is 13.8 Å². The fourth-order valence-corrected chi connectivity index (χ4v) is 1.27. The van der Waals surface area contributed by atoms with Gasteiger partial charge in [0.15, 0.2) is 11.6 Å². The van der Waals surface area contributed by atoms with Gasteiger partial charge in [0.05, 0.1) is 5.69 Å². The molecule has 0 saturated heterocycles. The molecule has 0 aliphatic heterocycles. The van der Waals surface area contributed by atoms with Crippen LogP contribution in [0.4, 0.5) is 10.2 Å². The average Bonchev–Trinajstić information content (AvgIpc) is 2.28. The number of anilines is 1. The van der Waals surface area contributed by atoms with Crippen molar-refractivity contribution in [2.24, 2.45) is 5.73 Å². The van der Waals surface area contributed by atoms with Crippen LogP contribution in [-0.4, -0.2) is 22.6 Å². The molecule has 0 aliphatic rings. The summed E-state index contributed by atoms with van der Waals surface area (Å²) < 4.78 is 13.7. The molecule has 0 aromatic carbocycles. The van der Waals surface area contributed by atoms with E-state index in [1.54, 1.807) is 0 Å². The first-order chi connectivity index (χ1) is 7.22. The molecule has 0 aliphatic carbocycles. The van der Waals surface area contributed by atoms with Gasteiger partial charge in [-0.25, -0.2) is 14.4 Å². The second-order valence-corrected chi connectivity index (χ2v) is 3.32. The molecule has 0 spiro atoms. The summed E-state index contributed by atoms with van der Waals surface area (Å²) in [6.45, 7) is 4.31. The van der Waals surface area contributed by atoms with Crippen molar-refractivity contribution in [2.75, 3.05) is 11.9 Å². The van der Waals surface area contributed by atoms with Gasteiger partial charge in [0.1, 0.15) is 6.33 Å². The fraction of sp³-hybridized carbons (Fsp3) is 0.600. The molecule has 0 fully saturated rings. The zero-order chi connectivity index (χ0) is 11.3. The number of aromatic nitrogens is 2. The summed E-state index contributed by atoms with van der Waals surface area (Å²) in [7, 11) is 0. The Labute approximate surface area is 89.1 Å². The normalized spacial score (nSPS) is 12.5. The van der Waals surface area contributed by atoms with Crippen LogP contribution in [0.15, 0.2) is 6.33 Å². The maximum Gasteiger partial charge on any atom is 0.186 e. The highest BCUT2D eigenvalue weighted by atomic mass is 19.1. The number of rotatable bonds is 5. The van der Waals surface area contributed by atoms with Crippen LogP contribution in [0.2, 0.25) is 0 Å². The van der Waals surface area contributed by atoms with Gasteiger partial charge in [0.25, 0.3) is 0 Å². The van der Waals surface area contributed by atoms with Crippen LogP contribution in [-0.2, 0) is 6.42 Å². The van der Waals surface area contributed by atoms with Gasteiger partial charge in [-0.1, -0.05) is 13.8 Å². The Hall–Kier alpha value is -1.23. The predicted octanol–water partition coefficient (Wildman–Crippen LogP) is 1.33. The van der Waals surface area contributed by atoms with Crippen LogP contribution in [0.5, 0.6) is 0 Å². The van der Waals surface area contributed by atoms with E-state index < -0.39 is 0 Å². The first-order valence-corrected chi connectivity index (χ1v) is 5.18. The monoisotopic (exact) mass is 212 g/mol. The van der Waals surface area contributed by atoms with E-state index in [0.717, 1.165) is 6.42 Å². The lowest BCUT2D eigenvalue weighted by atomic mass is 10.2. The standard InChI is InChI=1S/C10H17FN4/c1-3-7(5-12)15-10-9(11)8(4-2)13-6-14-10/h6-7H,3-5,12H2,1-2H3,(H,13,14,15). The molecular weight excluding hydrogens is 195 g/mol. The van der Waals surface area contributed by atoms with Crippen molar-refractivity contribution in [3.05, 3.63) is 17.8 Å². The van der Waals surface area contributed by atoms with Gasteiger partial charge in [-0.15, -0.1) is 0 Å². The van der Waals surface area contributed by atoms with E-state index in [0.29, 0.717) is 18.7 Å². The van der Waals surface area contributed by atoms with Crippen LogP contribution in [0.25, 0.3) is 0 Å². The van der Waals surface area contributed by atoms with E-state index in [2.05, 4.69) is 15.3 Å². The third kappa shape index (κ3) is 2.86. The van der Waals surface area contributed by atoms with Crippen molar-refractivity contribution < 1.29 is 4.39 Å². The maximum atomic E-state index is 13.7. The second-order valence-electron chi connectivity index (χ2n) is 3.32. The van der Waals surface area contributed by atoms with Crippen molar-refractivity contribution >= 4 is 5.82 Å². The number of nitrogens with one attached hydrogen (secondary N) is 1. The fourth-order valence-electron chi connectivity index (χ4n) is 1.27. The van der Waals surface area contributed by atoms with Gasteiger partial charge in [-0.3, -0.25) is 0 Å². The molecule has 1 atom stereocenters. The molecule has 5 heteroatoms. The van der Waals surface area contributed by atoms with Crippen LogP contribution < -0.4 is 11.1 Å². The number of halogens is 1. The first kappa shape index (κ1) is 11.8. The Balaban J connectivity index is 2.85. The molecule has 1 rings (SSSR count). The summed E-state index contributed by atoms with van der Waals surface area (Å²) in [5, 5.41) is 2.97. The first-order valence-electron chi connectivity index (χ1n) is 5.18. The average molecular weight is 212 g/mol. The molecule has 1 aromatic heterocycles. The van der Waals surface area contributed by atoms with Crippen molar-refractivity contribution in [1.29, 1.82) is 0 Å². The van der Waals surface area contributed by atoms with E-state index in [-0.39, 0.29) is 17.7 Å². The molecule has 1 aromatic rings. The molecule has 84 valence electrons. The second kappa shape index (κ2) is 5.60. The minimum atomic E-state index is -0.369. The number of nitrogens with two attached hydrogens (primary N) is 1. The summed E-state index contributed by atoms with van der Waals surface area (Å²) in [6.07, 6.45) is 2.76. The minimum absolute atomic E-state index is 0.0547. The highest BCUT2D eigenvalue weighted by molar-refractivity contribution is 5.38. The molecule has 0 saturated carbocycles. The highest BCUT2D eigenvalue weighted by Gasteiger charge is 2.12. The molecule has 0 radical (unpaired) electrons. The molecule has 1 unspecified atom stereocenters. The summed E-state index contributed by atoms with van der Waals surface area (Å²) in [4.78, 5) is 7.73. The van der Waals surface area contributed by atoms with Gasteiger partial charge in [-0.05, 0) is 12.8 Å². The summed E-state index contributed by atoms with van der Waals surface area (Å²) in [5.41, 5.74) is 5.95.